The fourth-order valence-electron chi connectivity index (χ4n) is 2.72. The van der Waals surface area contributed by atoms with Gasteiger partial charge in [0.1, 0.15) is 5.75 Å². The van der Waals surface area contributed by atoms with Crippen molar-refractivity contribution in [2.45, 2.75) is 6.42 Å². The summed E-state index contributed by atoms with van der Waals surface area (Å²) in [6.07, 6.45) is 1.98. The number of hydrogen-bond acceptors (Lipinski definition) is 4. The van der Waals surface area contributed by atoms with E-state index in [-0.39, 0.29) is 19.0 Å². The van der Waals surface area contributed by atoms with E-state index >= 15 is 0 Å². The van der Waals surface area contributed by atoms with E-state index in [1.165, 1.54) is 5.56 Å². The van der Waals surface area contributed by atoms with E-state index in [4.69, 9.17) is 4.74 Å². The Balaban J connectivity index is 1.68. The maximum atomic E-state index is 12.2. The molecule has 2 aromatic rings. The summed E-state index contributed by atoms with van der Waals surface area (Å²) in [5, 5.41) is 2.71. The number of ether oxygens (including phenoxy) is 1. The molecule has 1 aliphatic rings. The fourth-order valence-corrected chi connectivity index (χ4v) is 3.19. The van der Waals surface area contributed by atoms with E-state index in [0.29, 0.717) is 12.2 Å². The minimum atomic E-state index is -3.25. The Morgan fingerprint density at radius 1 is 1.12 bits per heavy atom. The minimum Gasteiger partial charge on any atom is -0.493 e. The predicted octanol–water partition coefficient (Wildman–Crippen LogP) is 1.57. The number of fused-ring (bicyclic) bond motifs is 1. The number of amides is 1. The van der Waals surface area contributed by atoms with Gasteiger partial charge in [0.25, 0.3) is 5.91 Å². The number of benzene rings is 2. The molecule has 0 unspecified atom stereocenters. The third kappa shape index (κ3) is 4.58. The van der Waals surface area contributed by atoms with Crippen molar-refractivity contribution >= 4 is 15.9 Å². The molecule has 25 heavy (non-hydrogen) atoms. The Labute approximate surface area is 147 Å². The van der Waals surface area contributed by atoms with Crippen LogP contribution in [0.4, 0.5) is 0 Å². The summed E-state index contributed by atoms with van der Waals surface area (Å²) in [5.41, 5.74) is 3.71. The average Bonchev–Trinajstić information content (AvgIpc) is 3.05. The van der Waals surface area contributed by atoms with Crippen LogP contribution in [0.2, 0.25) is 0 Å². The zero-order valence-electron chi connectivity index (χ0n) is 13.9. The van der Waals surface area contributed by atoms with Crippen LogP contribution in [0.25, 0.3) is 11.1 Å². The molecule has 3 rings (SSSR count). The first-order chi connectivity index (χ1) is 11.9. The average molecular weight is 360 g/mol. The lowest BCUT2D eigenvalue weighted by molar-refractivity contribution is 0.0954. The summed E-state index contributed by atoms with van der Waals surface area (Å²) in [4.78, 5) is 12.2. The number of hydrogen-bond donors (Lipinski definition) is 2. The van der Waals surface area contributed by atoms with Gasteiger partial charge in [0.2, 0.25) is 10.0 Å². The van der Waals surface area contributed by atoms with E-state index in [1.807, 2.05) is 30.3 Å². The Bertz CT molecular complexity index is 894. The largest absolute Gasteiger partial charge is 0.493 e. The monoisotopic (exact) mass is 360 g/mol. The van der Waals surface area contributed by atoms with Crippen molar-refractivity contribution in [3.05, 3.63) is 53.6 Å². The molecule has 0 atom stereocenters. The summed E-state index contributed by atoms with van der Waals surface area (Å²) in [5.74, 6) is 0.692. The van der Waals surface area contributed by atoms with Crippen molar-refractivity contribution in [1.82, 2.24) is 10.0 Å². The molecule has 7 heteroatoms. The van der Waals surface area contributed by atoms with E-state index in [2.05, 4.69) is 16.1 Å². The van der Waals surface area contributed by atoms with Crippen molar-refractivity contribution in [3.63, 3.8) is 0 Å². The molecule has 2 N–H and O–H groups in total. The molecule has 0 aliphatic carbocycles. The van der Waals surface area contributed by atoms with Gasteiger partial charge < -0.3 is 10.1 Å². The quantitative estimate of drug-likeness (QED) is 0.766. The first-order valence-electron chi connectivity index (χ1n) is 8.01. The van der Waals surface area contributed by atoms with Gasteiger partial charge in [0, 0.05) is 25.1 Å². The Morgan fingerprint density at radius 3 is 2.72 bits per heavy atom. The molecule has 132 valence electrons. The van der Waals surface area contributed by atoms with Crippen molar-refractivity contribution in [1.29, 1.82) is 0 Å². The molecular weight excluding hydrogens is 340 g/mol. The standard InChI is InChI=1S/C18H20N2O4S/c1-25(22,23)20-9-8-19-18(21)16-4-2-3-13(12-16)14-5-6-17-15(11-14)7-10-24-17/h2-6,11-12,20H,7-10H2,1H3,(H,19,21). The van der Waals surface area contributed by atoms with Crippen molar-refractivity contribution in [3.8, 4) is 16.9 Å². The Kier molecular flexibility index (Phi) is 5.06. The van der Waals surface area contributed by atoms with Gasteiger partial charge in [0.15, 0.2) is 0 Å². The number of sulfonamides is 1. The van der Waals surface area contributed by atoms with E-state index in [9.17, 15) is 13.2 Å². The van der Waals surface area contributed by atoms with E-state index in [0.717, 1.165) is 29.6 Å². The van der Waals surface area contributed by atoms with Crippen LogP contribution in [0.15, 0.2) is 42.5 Å². The van der Waals surface area contributed by atoms with Crippen molar-refractivity contribution in [2.75, 3.05) is 26.0 Å². The van der Waals surface area contributed by atoms with Crippen LogP contribution >= 0.6 is 0 Å². The van der Waals surface area contributed by atoms with Gasteiger partial charge in [-0.1, -0.05) is 18.2 Å². The maximum absolute atomic E-state index is 12.2. The lowest BCUT2D eigenvalue weighted by Crippen LogP contribution is -2.34. The molecule has 1 heterocycles. The molecule has 1 amide bonds. The van der Waals surface area contributed by atoms with Crippen LogP contribution in [-0.2, 0) is 16.4 Å². The molecule has 2 aromatic carbocycles. The van der Waals surface area contributed by atoms with Crippen LogP contribution in [-0.4, -0.2) is 40.3 Å². The van der Waals surface area contributed by atoms with Crippen LogP contribution < -0.4 is 14.8 Å². The van der Waals surface area contributed by atoms with Gasteiger partial charge >= 0.3 is 0 Å². The highest BCUT2D eigenvalue weighted by molar-refractivity contribution is 7.88. The molecule has 0 saturated heterocycles. The van der Waals surface area contributed by atoms with Crippen molar-refractivity contribution in [2.24, 2.45) is 0 Å². The third-order valence-electron chi connectivity index (χ3n) is 3.92. The lowest BCUT2D eigenvalue weighted by atomic mass is 10.00. The second-order valence-corrected chi connectivity index (χ2v) is 7.76. The van der Waals surface area contributed by atoms with Gasteiger partial charge in [-0.05, 0) is 41.0 Å². The summed E-state index contributed by atoms with van der Waals surface area (Å²) in [7, 11) is -3.25. The SMILES string of the molecule is CS(=O)(=O)NCCNC(=O)c1cccc(-c2ccc3c(c2)CCO3)c1. The fraction of sp³-hybridized carbons (Fsp3) is 0.278. The van der Waals surface area contributed by atoms with Gasteiger partial charge in [0.05, 0.1) is 12.9 Å². The second-order valence-electron chi connectivity index (χ2n) is 5.92. The topological polar surface area (TPSA) is 84.5 Å². The number of carbonyl (C=O) groups is 1. The predicted molar refractivity (Wildman–Crippen MR) is 96.3 cm³/mol. The zero-order valence-corrected chi connectivity index (χ0v) is 14.7. The third-order valence-corrected chi connectivity index (χ3v) is 4.65. The highest BCUT2D eigenvalue weighted by Crippen LogP contribution is 2.30. The highest BCUT2D eigenvalue weighted by atomic mass is 32.2. The molecule has 0 aromatic heterocycles. The van der Waals surface area contributed by atoms with Gasteiger partial charge in [-0.3, -0.25) is 4.79 Å². The van der Waals surface area contributed by atoms with Gasteiger partial charge in [-0.2, -0.15) is 0 Å². The first kappa shape index (κ1) is 17.4. The molecule has 6 nitrogen and oxygen atoms in total. The molecule has 0 bridgehead atoms. The molecule has 0 radical (unpaired) electrons. The van der Waals surface area contributed by atoms with Gasteiger partial charge in [-0.25, -0.2) is 13.1 Å². The lowest BCUT2D eigenvalue weighted by Gasteiger charge is -2.08. The number of rotatable bonds is 6. The molecule has 0 fully saturated rings. The smallest absolute Gasteiger partial charge is 0.251 e. The first-order valence-corrected chi connectivity index (χ1v) is 9.90. The van der Waals surface area contributed by atoms with E-state index < -0.39 is 10.0 Å². The summed E-state index contributed by atoms with van der Waals surface area (Å²) >= 11 is 0. The minimum absolute atomic E-state index is 0.162. The summed E-state index contributed by atoms with van der Waals surface area (Å²) < 4.78 is 29.8. The summed E-state index contributed by atoms with van der Waals surface area (Å²) in [6, 6.07) is 13.4. The maximum Gasteiger partial charge on any atom is 0.251 e. The molecule has 1 aliphatic heterocycles. The highest BCUT2D eigenvalue weighted by Gasteiger charge is 2.13. The normalized spacial score (nSPS) is 13.2. The second kappa shape index (κ2) is 7.25. The zero-order chi connectivity index (χ0) is 17.9. The number of carbonyl (C=O) groups excluding carboxylic acids is 1. The Morgan fingerprint density at radius 2 is 1.92 bits per heavy atom. The van der Waals surface area contributed by atoms with Crippen LogP contribution in [0.5, 0.6) is 5.75 Å². The molecule has 0 spiro atoms. The number of nitrogens with one attached hydrogen (secondary N) is 2. The summed E-state index contributed by atoms with van der Waals surface area (Å²) in [6.45, 7) is 1.10. The van der Waals surface area contributed by atoms with E-state index in [1.54, 1.807) is 6.07 Å². The molecule has 0 saturated carbocycles. The van der Waals surface area contributed by atoms with Crippen LogP contribution in [0.1, 0.15) is 15.9 Å². The van der Waals surface area contributed by atoms with Crippen molar-refractivity contribution < 1.29 is 17.9 Å². The molecular formula is C18H20N2O4S. The van der Waals surface area contributed by atoms with Crippen LogP contribution in [0.3, 0.4) is 0 Å². The van der Waals surface area contributed by atoms with Gasteiger partial charge in [-0.15, -0.1) is 0 Å². The van der Waals surface area contributed by atoms with Crippen LogP contribution in [0, 0.1) is 0 Å². The Hall–Kier alpha value is -2.38.